The summed E-state index contributed by atoms with van der Waals surface area (Å²) in [5, 5.41) is 0. The monoisotopic (exact) mass is 261 g/mol. The maximum atomic E-state index is 13.9. The Morgan fingerprint density at radius 1 is 1.37 bits per heavy atom. The van der Waals surface area contributed by atoms with Gasteiger partial charge in [0, 0.05) is 16.7 Å². The fraction of sp³-hybridized carbons (Fsp3) is 0.438. The van der Waals surface area contributed by atoms with Gasteiger partial charge in [-0.25, -0.2) is 4.39 Å². The Labute approximate surface area is 113 Å². The molecular formula is C16H20FNO. The maximum Gasteiger partial charge on any atom is 0.150 e. The Balaban J connectivity index is 2.30. The van der Waals surface area contributed by atoms with Crippen LogP contribution in [0.2, 0.25) is 0 Å². The lowest BCUT2D eigenvalue weighted by Gasteiger charge is -2.39. The van der Waals surface area contributed by atoms with Crippen molar-refractivity contribution in [2.75, 3.05) is 14.1 Å². The van der Waals surface area contributed by atoms with Crippen molar-refractivity contribution in [3.8, 4) is 0 Å². The van der Waals surface area contributed by atoms with Crippen LogP contribution in [0.15, 0.2) is 24.3 Å². The number of carbonyl (C=O) groups is 1. The minimum atomic E-state index is -0.245. The lowest BCUT2D eigenvalue weighted by molar-refractivity contribution is 0.112. The highest BCUT2D eigenvalue weighted by Gasteiger charge is 2.29. The predicted octanol–water partition coefficient (Wildman–Crippen LogP) is 3.53. The van der Waals surface area contributed by atoms with E-state index in [1.165, 1.54) is 12.1 Å². The lowest BCUT2D eigenvalue weighted by Crippen LogP contribution is -2.42. The largest absolute Gasteiger partial charge is 0.304 e. The smallest absolute Gasteiger partial charge is 0.150 e. The fourth-order valence-corrected chi connectivity index (χ4v) is 2.46. The van der Waals surface area contributed by atoms with Crippen molar-refractivity contribution in [1.82, 2.24) is 4.90 Å². The first kappa shape index (κ1) is 13.9. The average molecular weight is 261 g/mol. The van der Waals surface area contributed by atoms with Crippen molar-refractivity contribution in [3.63, 3.8) is 0 Å². The van der Waals surface area contributed by atoms with Crippen molar-refractivity contribution in [1.29, 1.82) is 0 Å². The molecule has 1 aromatic carbocycles. The third-order valence-corrected chi connectivity index (χ3v) is 4.27. The SMILES string of the molecule is CN(C)C1(C)CC=C(c2cc(C=O)ccc2F)CC1. The van der Waals surface area contributed by atoms with Crippen LogP contribution in [-0.4, -0.2) is 30.8 Å². The first-order valence-corrected chi connectivity index (χ1v) is 6.58. The molecule has 0 aromatic heterocycles. The Morgan fingerprint density at radius 3 is 2.63 bits per heavy atom. The minimum absolute atomic E-state index is 0.141. The summed E-state index contributed by atoms with van der Waals surface area (Å²) in [5.74, 6) is -0.245. The molecule has 0 bridgehead atoms. The quantitative estimate of drug-likeness (QED) is 0.776. The number of hydrogen-bond donors (Lipinski definition) is 0. The molecule has 3 heteroatoms. The van der Waals surface area contributed by atoms with Crippen molar-refractivity contribution < 1.29 is 9.18 Å². The van der Waals surface area contributed by atoms with Crippen molar-refractivity contribution in [2.45, 2.75) is 31.7 Å². The van der Waals surface area contributed by atoms with E-state index in [1.807, 2.05) is 0 Å². The highest BCUT2D eigenvalue weighted by atomic mass is 19.1. The third-order valence-electron chi connectivity index (χ3n) is 4.27. The van der Waals surface area contributed by atoms with Gasteiger partial charge in [-0.2, -0.15) is 0 Å². The van der Waals surface area contributed by atoms with Gasteiger partial charge in [0.15, 0.2) is 0 Å². The second-order valence-corrected chi connectivity index (χ2v) is 5.68. The third kappa shape index (κ3) is 2.76. The zero-order valence-corrected chi connectivity index (χ0v) is 11.7. The van der Waals surface area contributed by atoms with Gasteiger partial charge in [0.05, 0.1) is 0 Å². The molecule has 0 amide bonds. The standard InChI is InChI=1S/C16H20FNO/c1-16(18(2)3)8-6-13(7-9-16)14-10-12(11-19)4-5-15(14)17/h4-6,10-11H,7-9H2,1-3H3. The Bertz CT molecular complexity index is 521. The molecule has 0 saturated carbocycles. The molecule has 0 saturated heterocycles. The van der Waals surface area contributed by atoms with Gasteiger partial charge in [0.1, 0.15) is 12.1 Å². The molecule has 0 fully saturated rings. The molecule has 0 aliphatic heterocycles. The second kappa shape index (κ2) is 5.25. The Kier molecular flexibility index (Phi) is 3.85. The topological polar surface area (TPSA) is 20.3 Å². The number of nitrogens with zero attached hydrogens (tertiary/aromatic N) is 1. The van der Waals surface area contributed by atoms with E-state index in [9.17, 15) is 9.18 Å². The van der Waals surface area contributed by atoms with E-state index in [2.05, 4.69) is 32.0 Å². The number of halogens is 1. The van der Waals surface area contributed by atoms with E-state index in [0.29, 0.717) is 11.1 Å². The van der Waals surface area contributed by atoms with Crippen LogP contribution in [0.25, 0.3) is 5.57 Å². The minimum Gasteiger partial charge on any atom is -0.304 e. The lowest BCUT2D eigenvalue weighted by atomic mass is 9.81. The van der Waals surface area contributed by atoms with Gasteiger partial charge in [-0.3, -0.25) is 4.79 Å². The summed E-state index contributed by atoms with van der Waals surface area (Å²) in [7, 11) is 4.15. The molecule has 1 atom stereocenters. The van der Waals surface area contributed by atoms with Gasteiger partial charge in [-0.1, -0.05) is 6.08 Å². The van der Waals surface area contributed by atoms with Gasteiger partial charge in [0.2, 0.25) is 0 Å². The van der Waals surface area contributed by atoms with E-state index in [1.54, 1.807) is 6.07 Å². The number of allylic oxidation sites excluding steroid dienone is 1. The van der Waals surface area contributed by atoms with Crippen LogP contribution in [-0.2, 0) is 0 Å². The van der Waals surface area contributed by atoms with Gasteiger partial charge < -0.3 is 4.90 Å². The van der Waals surface area contributed by atoms with Crippen LogP contribution in [0, 0.1) is 5.82 Å². The first-order valence-electron chi connectivity index (χ1n) is 6.58. The van der Waals surface area contributed by atoms with E-state index in [0.717, 1.165) is 31.1 Å². The van der Waals surface area contributed by atoms with Crippen LogP contribution < -0.4 is 0 Å². The van der Waals surface area contributed by atoms with Crippen LogP contribution >= 0.6 is 0 Å². The first-order chi connectivity index (χ1) is 8.96. The van der Waals surface area contributed by atoms with E-state index in [-0.39, 0.29) is 11.4 Å². The highest BCUT2D eigenvalue weighted by Crippen LogP contribution is 2.36. The van der Waals surface area contributed by atoms with Crippen molar-refractivity contribution >= 4 is 11.9 Å². The molecule has 102 valence electrons. The number of aldehydes is 1. The van der Waals surface area contributed by atoms with Crippen LogP contribution in [0.3, 0.4) is 0 Å². The molecule has 0 spiro atoms. The van der Waals surface area contributed by atoms with Crippen LogP contribution in [0.1, 0.15) is 42.1 Å². The molecule has 0 heterocycles. The summed E-state index contributed by atoms with van der Waals surface area (Å²) < 4.78 is 13.9. The number of rotatable bonds is 3. The van der Waals surface area contributed by atoms with Crippen LogP contribution in [0.5, 0.6) is 0 Å². The molecule has 1 aromatic rings. The molecule has 2 nitrogen and oxygen atoms in total. The molecule has 1 aliphatic carbocycles. The van der Waals surface area contributed by atoms with Crippen molar-refractivity contribution in [3.05, 3.63) is 41.2 Å². The predicted molar refractivity (Wildman–Crippen MR) is 75.7 cm³/mol. The number of carbonyl (C=O) groups excluding carboxylic acids is 1. The second-order valence-electron chi connectivity index (χ2n) is 5.68. The Morgan fingerprint density at radius 2 is 2.11 bits per heavy atom. The fourth-order valence-electron chi connectivity index (χ4n) is 2.46. The molecule has 1 unspecified atom stereocenters. The van der Waals surface area contributed by atoms with E-state index in [4.69, 9.17) is 0 Å². The van der Waals surface area contributed by atoms with E-state index >= 15 is 0 Å². The molecular weight excluding hydrogens is 241 g/mol. The summed E-state index contributed by atoms with van der Waals surface area (Å²) in [6.45, 7) is 2.22. The van der Waals surface area contributed by atoms with Gasteiger partial charge >= 0.3 is 0 Å². The summed E-state index contributed by atoms with van der Waals surface area (Å²) in [6, 6.07) is 4.53. The van der Waals surface area contributed by atoms with Gasteiger partial charge in [-0.15, -0.1) is 0 Å². The van der Waals surface area contributed by atoms with Gasteiger partial charge in [-0.05, 0) is 64.1 Å². The molecule has 1 aliphatic rings. The summed E-state index contributed by atoms with van der Waals surface area (Å²) in [6.07, 6.45) is 5.61. The van der Waals surface area contributed by atoms with E-state index < -0.39 is 0 Å². The average Bonchev–Trinajstić information content (AvgIpc) is 2.40. The maximum absolute atomic E-state index is 13.9. The Hall–Kier alpha value is -1.48. The highest BCUT2D eigenvalue weighted by molar-refractivity contribution is 5.78. The molecule has 2 rings (SSSR count). The normalized spacial score (nSPS) is 23.3. The van der Waals surface area contributed by atoms with Crippen LogP contribution in [0.4, 0.5) is 4.39 Å². The summed E-state index contributed by atoms with van der Waals surface area (Å²) in [5.41, 5.74) is 2.26. The number of hydrogen-bond acceptors (Lipinski definition) is 2. The number of benzene rings is 1. The molecule has 0 N–H and O–H groups in total. The zero-order valence-electron chi connectivity index (χ0n) is 11.7. The molecule has 19 heavy (non-hydrogen) atoms. The van der Waals surface area contributed by atoms with Gasteiger partial charge in [0.25, 0.3) is 0 Å². The summed E-state index contributed by atoms with van der Waals surface area (Å²) >= 11 is 0. The van der Waals surface area contributed by atoms with Crippen molar-refractivity contribution in [2.24, 2.45) is 0 Å². The summed E-state index contributed by atoms with van der Waals surface area (Å²) in [4.78, 5) is 13.0. The zero-order chi connectivity index (χ0) is 14.0. The molecule has 0 radical (unpaired) electrons.